The molecule has 0 unspecified atom stereocenters. The minimum absolute atomic E-state index is 0.00270. The molecule has 1 fully saturated rings. The van der Waals surface area contributed by atoms with Crippen molar-refractivity contribution >= 4 is 5.82 Å². The third kappa shape index (κ3) is 3.07. The molecule has 2 aromatic rings. The highest BCUT2D eigenvalue weighted by atomic mass is 16.5. The second-order valence-electron chi connectivity index (χ2n) is 6.26. The predicted molar refractivity (Wildman–Crippen MR) is 92.4 cm³/mol. The van der Waals surface area contributed by atoms with Gasteiger partial charge < -0.3 is 19.8 Å². The first-order chi connectivity index (χ1) is 11.5. The summed E-state index contributed by atoms with van der Waals surface area (Å²) in [6, 6.07) is 5.55. The number of aliphatic hydroxyl groups excluding tert-OH is 1. The zero-order valence-electron chi connectivity index (χ0n) is 14.3. The number of phenols is 1. The molecule has 6 heteroatoms. The molecule has 0 saturated carbocycles. The number of rotatable bonds is 3. The van der Waals surface area contributed by atoms with Crippen LogP contribution in [0, 0.1) is 20.8 Å². The fourth-order valence-electron chi connectivity index (χ4n) is 3.01. The average Bonchev–Trinajstić information content (AvgIpc) is 2.58. The lowest BCUT2D eigenvalue weighted by Gasteiger charge is -2.33. The zero-order chi connectivity index (χ0) is 17.3. The molecule has 2 N–H and O–H groups in total. The quantitative estimate of drug-likeness (QED) is 0.896. The first-order valence-electron chi connectivity index (χ1n) is 8.12. The summed E-state index contributed by atoms with van der Waals surface area (Å²) in [5.41, 5.74) is 4.40. The molecule has 0 amide bonds. The number of phenolic OH excluding ortho intramolecular Hbond substituents is 1. The number of aryl methyl sites for hydroxylation is 1. The Morgan fingerprint density at radius 2 is 2.00 bits per heavy atom. The molecule has 3 rings (SSSR count). The normalized spacial score (nSPS) is 18.0. The van der Waals surface area contributed by atoms with Crippen molar-refractivity contribution in [3.05, 3.63) is 34.9 Å². The van der Waals surface area contributed by atoms with Crippen molar-refractivity contribution in [1.29, 1.82) is 0 Å². The van der Waals surface area contributed by atoms with E-state index >= 15 is 0 Å². The minimum atomic E-state index is -0.193. The number of aromatic hydroxyl groups is 1. The second kappa shape index (κ2) is 6.75. The second-order valence-corrected chi connectivity index (χ2v) is 6.26. The molecule has 1 saturated heterocycles. The number of ether oxygens (including phenoxy) is 1. The molecule has 0 aliphatic carbocycles. The Balaban J connectivity index is 1.97. The molecule has 1 aromatic carbocycles. The molecule has 0 bridgehead atoms. The van der Waals surface area contributed by atoms with E-state index in [9.17, 15) is 10.2 Å². The Kier molecular flexibility index (Phi) is 4.69. The van der Waals surface area contributed by atoms with Crippen molar-refractivity contribution in [3.63, 3.8) is 0 Å². The number of nitrogens with zero attached hydrogens (tertiary/aromatic N) is 3. The van der Waals surface area contributed by atoms with Crippen LogP contribution in [-0.2, 0) is 4.74 Å². The van der Waals surface area contributed by atoms with Gasteiger partial charge in [-0.1, -0.05) is 6.07 Å². The molecular formula is C18H23N3O3. The van der Waals surface area contributed by atoms with Crippen molar-refractivity contribution in [1.82, 2.24) is 10.2 Å². The minimum Gasteiger partial charge on any atom is -0.507 e. The maximum absolute atomic E-state index is 10.2. The van der Waals surface area contributed by atoms with E-state index in [1.54, 1.807) is 6.07 Å². The van der Waals surface area contributed by atoms with Gasteiger partial charge in [0.25, 0.3) is 0 Å². The van der Waals surface area contributed by atoms with Crippen LogP contribution in [0.25, 0.3) is 11.3 Å². The largest absolute Gasteiger partial charge is 0.507 e. The molecule has 1 aliphatic rings. The van der Waals surface area contributed by atoms with Gasteiger partial charge in [-0.25, -0.2) is 0 Å². The number of aliphatic hydroxyl groups is 1. The van der Waals surface area contributed by atoms with Gasteiger partial charge in [0, 0.05) is 18.7 Å². The van der Waals surface area contributed by atoms with Crippen LogP contribution in [0.4, 0.5) is 5.82 Å². The lowest BCUT2D eigenvalue weighted by atomic mass is 10.0. The summed E-state index contributed by atoms with van der Waals surface area (Å²) in [4.78, 5) is 2.10. The van der Waals surface area contributed by atoms with E-state index in [4.69, 9.17) is 4.74 Å². The van der Waals surface area contributed by atoms with Gasteiger partial charge in [0.05, 0.1) is 25.0 Å². The Morgan fingerprint density at radius 3 is 2.71 bits per heavy atom. The van der Waals surface area contributed by atoms with Gasteiger partial charge in [-0.3, -0.25) is 0 Å². The standard InChI is InChI=1S/C18H23N3O3/c1-11-4-5-15(16(23)8-11)17-12(2)13(3)18(20-19-17)21-6-7-24-14(9-21)10-22/h4-5,8,14,22-23H,6-7,9-10H2,1-3H3/t14-/m0/s1. The third-order valence-corrected chi connectivity index (χ3v) is 4.55. The first-order valence-corrected chi connectivity index (χ1v) is 8.12. The Hall–Kier alpha value is -2.18. The van der Waals surface area contributed by atoms with Crippen LogP contribution in [0.15, 0.2) is 18.2 Å². The summed E-state index contributed by atoms with van der Waals surface area (Å²) < 4.78 is 5.50. The lowest BCUT2D eigenvalue weighted by molar-refractivity contribution is 0.00329. The van der Waals surface area contributed by atoms with E-state index in [2.05, 4.69) is 15.1 Å². The first kappa shape index (κ1) is 16.7. The van der Waals surface area contributed by atoms with Gasteiger partial charge in [-0.2, -0.15) is 0 Å². The average molecular weight is 329 g/mol. The van der Waals surface area contributed by atoms with Gasteiger partial charge in [0.1, 0.15) is 5.75 Å². The zero-order valence-corrected chi connectivity index (χ0v) is 14.3. The molecular weight excluding hydrogens is 306 g/mol. The number of aromatic nitrogens is 2. The molecule has 0 radical (unpaired) electrons. The van der Waals surface area contributed by atoms with Gasteiger partial charge in [-0.15, -0.1) is 10.2 Å². The summed E-state index contributed by atoms with van der Waals surface area (Å²) >= 11 is 0. The molecule has 2 heterocycles. The van der Waals surface area contributed by atoms with Gasteiger partial charge >= 0.3 is 0 Å². The fraction of sp³-hybridized carbons (Fsp3) is 0.444. The molecule has 1 atom stereocenters. The van der Waals surface area contributed by atoms with Gasteiger partial charge in [-0.05, 0) is 49.6 Å². The molecule has 1 aromatic heterocycles. The molecule has 0 spiro atoms. The summed E-state index contributed by atoms with van der Waals surface area (Å²) in [6.07, 6.45) is -0.193. The number of morpholine rings is 1. The van der Waals surface area contributed by atoms with E-state index in [-0.39, 0.29) is 18.5 Å². The van der Waals surface area contributed by atoms with E-state index in [0.717, 1.165) is 29.1 Å². The molecule has 128 valence electrons. The Morgan fingerprint density at radius 1 is 1.21 bits per heavy atom. The maximum Gasteiger partial charge on any atom is 0.154 e. The monoisotopic (exact) mass is 329 g/mol. The highest BCUT2D eigenvalue weighted by molar-refractivity contribution is 5.72. The predicted octanol–water partition coefficient (Wildman–Crippen LogP) is 1.97. The van der Waals surface area contributed by atoms with E-state index < -0.39 is 0 Å². The van der Waals surface area contributed by atoms with E-state index in [1.165, 1.54) is 0 Å². The van der Waals surface area contributed by atoms with Crippen LogP contribution >= 0.6 is 0 Å². The van der Waals surface area contributed by atoms with Crippen LogP contribution in [-0.4, -0.2) is 52.8 Å². The van der Waals surface area contributed by atoms with Crippen molar-refractivity contribution in [2.24, 2.45) is 0 Å². The molecule has 24 heavy (non-hydrogen) atoms. The van der Waals surface area contributed by atoms with Crippen LogP contribution in [0.5, 0.6) is 5.75 Å². The van der Waals surface area contributed by atoms with Crippen molar-refractivity contribution in [2.45, 2.75) is 26.9 Å². The fourth-order valence-corrected chi connectivity index (χ4v) is 3.01. The number of benzene rings is 1. The topological polar surface area (TPSA) is 78.7 Å². The van der Waals surface area contributed by atoms with Crippen molar-refractivity contribution in [3.8, 4) is 17.0 Å². The van der Waals surface area contributed by atoms with Gasteiger partial charge in [0.15, 0.2) is 5.82 Å². The maximum atomic E-state index is 10.2. The third-order valence-electron chi connectivity index (χ3n) is 4.55. The van der Waals surface area contributed by atoms with Crippen LogP contribution < -0.4 is 4.90 Å². The van der Waals surface area contributed by atoms with Crippen LogP contribution in [0.1, 0.15) is 16.7 Å². The lowest BCUT2D eigenvalue weighted by Crippen LogP contribution is -2.44. The number of anilines is 1. The highest BCUT2D eigenvalue weighted by Gasteiger charge is 2.24. The molecule has 1 aliphatic heterocycles. The van der Waals surface area contributed by atoms with Gasteiger partial charge in [0.2, 0.25) is 0 Å². The summed E-state index contributed by atoms with van der Waals surface area (Å²) in [6.45, 7) is 7.82. The van der Waals surface area contributed by atoms with Crippen molar-refractivity contribution < 1.29 is 14.9 Å². The highest BCUT2D eigenvalue weighted by Crippen LogP contribution is 2.33. The van der Waals surface area contributed by atoms with Crippen LogP contribution in [0.2, 0.25) is 0 Å². The van der Waals surface area contributed by atoms with E-state index in [1.807, 2.05) is 32.9 Å². The Bertz CT molecular complexity index is 749. The Labute approximate surface area is 141 Å². The summed E-state index contributed by atoms with van der Waals surface area (Å²) in [7, 11) is 0. The van der Waals surface area contributed by atoms with Crippen LogP contribution in [0.3, 0.4) is 0 Å². The summed E-state index contributed by atoms with van der Waals surface area (Å²) in [5, 5.41) is 28.3. The number of hydrogen-bond acceptors (Lipinski definition) is 6. The van der Waals surface area contributed by atoms with Crippen molar-refractivity contribution in [2.75, 3.05) is 31.2 Å². The van der Waals surface area contributed by atoms with E-state index in [0.29, 0.717) is 24.4 Å². The molecule has 6 nitrogen and oxygen atoms in total. The summed E-state index contributed by atoms with van der Waals surface area (Å²) in [5.74, 6) is 1.02. The number of hydrogen-bond donors (Lipinski definition) is 2. The smallest absolute Gasteiger partial charge is 0.154 e. The SMILES string of the molecule is Cc1ccc(-c2nnc(N3CCO[C@H](CO)C3)c(C)c2C)c(O)c1.